The SMILES string of the molecule is O=C(O)C1CCCCCN1C(=O)N1CCOC(CO)C1. The fraction of sp³-hybridized carbons (Fsp3) is 0.846. The number of carboxylic acids is 1. The molecule has 0 bridgehead atoms. The van der Waals surface area contributed by atoms with Gasteiger partial charge in [-0.1, -0.05) is 12.8 Å². The van der Waals surface area contributed by atoms with Gasteiger partial charge >= 0.3 is 12.0 Å². The Kier molecular flexibility index (Phi) is 5.19. The molecule has 0 aromatic carbocycles. The summed E-state index contributed by atoms with van der Waals surface area (Å²) in [6.45, 7) is 1.49. The van der Waals surface area contributed by atoms with E-state index in [1.165, 1.54) is 4.90 Å². The van der Waals surface area contributed by atoms with Gasteiger partial charge in [0.25, 0.3) is 0 Å². The van der Waals surface area contributed by atoms with E-state index in [0.29, 0.717) is 32.7 Å². The van der Waals surface area contributed by atoms with Crippen molar-refractivity contribution < 1.29 is 24.5 Å². The van der Waals surface area contributed by atoms with Crippen molar-refractivity contribution in [2.75, 3.05) is 32.8 Å². The van der Waals surface area contributed by atoms with Gasteiger partial charge in [-0.3, -0.25) is 0 Å². The number of aliphatic hydroxyl groups excluding tert-OH is 1. The molecule has 2 heterocycles. The number of morpholine rings is 1. The van der Waals surface area contributed by atoms with Crippen molar-refractivity contribution in [1.82, 2.24) is 9.80 Å². The molecule has 7 heteroatoms. The number of aliphatic carboxylic acids is 1. The van der Waals surface area contributed by atoms with E-state index in [2.05, 4.69) is 0 Å². The molecule has 0 spiro atoms. The van der Waals surface area contributed by atoms with Crippen molar-refractivity contribution in [2.45, 2.75) is 37.8 Å². The summed E-state index contributed by atoms with van der Waals surface area (Å²) in [6.07, 6.45) is 2.76. The lowest BCUT2D eigenvalue weighted by Gasteiger charge is -2.37. The van der Waals surface area contributed by atoms with Crippen LogP contribution in [0, 0.1) is 0 Å². The molecule has 2 N–H and O–H groups in total. The summed E-state index contributed by atoms with van der Waals surface area (Å²) >= 11 is 0. The molecule has 7 nitrogen and oxygen atoms in total. The van der Waals surface area contributed by atoms with Gasteiger partial charge in [0.1, 0.15) is 6.04 Å². The van der Waals surface area contributed by atoms with E-state index in [9.17, 15) is 14.7 Å². The van der Waals surface area contributed by atoms with Crippen LogP contribution in [0.4, 0.5) is 4.79 Å². The van der Waals surface area contributed by atoms with Crippen molar-refractivity contribution in [3.8, 4) is 0 Å². The summed E-state index contributed by atoms with van der Waals surface area (Å²) < 4.78 is 5.32. The minimum absolute atomic E-state index is 0.133. The summed E-state index contributed by atoms with van der Waals surface area (Å²) in [4.78, 5) is 26.9. The molecular weight excluding hydrogens is 264 g/mol. The minimum atomic E-state index is -0.938. The van der Waals surface area contributed by atoms with Gasteiger partial charge in [0.05, 0.1) is 25.9 Å². The fourth-order valence-electron chi connectivity index (χ4n) is 2.78. The highest BCUT2D eigenvalue weighted by Gasteiger charge is 2.35. The van der Waals surface area contributed by atoms with Gasteiger partial charge in [-0.25, -0.2) is 9.59 Å². The monoisotopic (exact) mass is 286 g/mol. The number of rotatable bonds is 2. The molecule has 2 unspecified atom stereocenters. The summed E-state index contributed by atoms with van der Waals surface area (Å²) in [7, 11) is 0. The van der Waals surface area contributed by atoms with E-state index in [-0.39, 0.29) is 18.7 Å². The first kappa shape index (κ1) is 15.1. The number of hydrogen-bond donors (Lipinski definition) is 2. The van der Waals surface area contributed by atoms with Crippen molar-refractivity contribution in [1.29, 1.82) is 0 Å². The molecular formula is C13H22N2O5. The van der Waals surface area contributed by atoms with Crippen molar-refractivity contribution in [3.05, 3.63) is 0 Å². The zero-order valence-electron chi connectivity index (χ0n) is 11.5. The first-order valence-corrected chi connectivity index (χ1v) is 7.14. The number of carbonyl (C=O) groups is 2. The lowest BCUT2D eigenvalue weighted by molar-refractivity contribution is -0.142. The predicted octanol–water partition coefficient (Wildman–Crippen LogP) is 0.129. The highest BCUT2D eigenvalue weighted by Crippen LogP contribution is 2.19. The second-order valence-corrected chi connectivity index (χ2v) is 5.30. The van der Waals surface area contributed by atoms with Crippen LogP contribution in [0.3, 0.4) is 0 Å². The largest absolute Gasteiger partial charge is 0.480 e. The van der Waals surface area contributed by atoms with Gasteiger partial charge in [0.15, 0.2) is 0 Å². The first-order valence-electron chi connectivity index (χ1n) is 7.14. The molecule has 2 aliphatic rings. The molecule has 0 saturated carbocycles. The summed E-state index contributed by atoms with van der Waals surface area (Å²) in [5, 5.41) is 18.4. The first-order chi connectivity index (χ1) is 9.63. The van der Waals surface area contributed by atoms with Crippen molar-refractivity contribution in [2.24, 2.45) is 0 Å². The summed E-state index contributed by atoms with van der Waals surface area (Å²) in [6, 6.07) is -0.985. The van der Waals surface area contributed by atoms with Crippen LogP contribution in [-0.2, 0) is 9.53 Å². The highest BCUT2D eigenvalue weighted by molar-refractivity contribution is 5.82. The zero-order chi connectivity index (χ0) is 14.5. The lowest BCUT2D eigenvalue weighted by atomic mass is 10.1. The Morgan fingerprint density at radius 3 is 2.70 bits per heavy atom. The number of ether oxygens (including phenoxy) is 1. The number of carbonyl (C=O) groups excluding carboxylic acids is 1. The number of nitrogens with zero attached hydrogens (tertiary/aromatic N) is 2. The zero-order valence-corrected chi connectivity index (χ0v) is 11.5. The van der Waals surface area contributed by atoms with Gasteiger partial charge in [-0.05, 0) is 12.8 Å². The molecule has 2 amide bonds. The molecule has 0 radical (unpaired) electrons. The average Bonchev–Trinajstić information content (AvgIpc) is 2.72. The number of hydrogen-bond acceptors (Lipinski definition) is 4. The molecule has 0 aliphatic carbocycles. The maximum atomic E-state index is 12.5. The van der Waals surface area contributed by atoms with Gasteiger partial charge < -0.3 is 24.7 Å². The lowest BCUT2D eigenvalue weighted by Crippen LogP contribution is -2.55. The molecule has 114 valence electrons. The van der Waals surface area contributed by atoms with Crippen molar-refractivity contribution >= 4 is 12.0 Å². The van der Waals surface area contributed by atoms with Crippen LogP contribution in [-0.4, -0.2) is 77.0 Å². The smallest absolute Gasteiger partial charge is 0.326 e. The molecule has 2 fully saturated rings. The molecule has 2 saturated heterocycles. The van der Waals surface area contributed by atoms with Crippen LogP contribution in [0.25, 0.3) is 0 Å². The molecule has 0 aromatic heterocycles. The van der Waals surface area contributed by atoms with Crippen LogP contribution in [0.1, 0.15) is 25.7 Å². The van der Waals surface area contributed by atoms with Crippen LogP contribution in [0.2, 0.25) is 0 Å². The quantitative estimate of drug-likeness (QED) is 0.753. The van der Waals surface area contributed by atoms with Gasteiger partial charge in [0.2, 0.25) is 0 Å². The molecule has 0 aromatic rings. The molecule has 2 aliphatic heterocycles. The van der Waals surface area contributed by atoms with Crippen LogP contribution < -0.4 is 0 Å². The van der Waals surface area contributed by atoms with E-state index in [0.717, 1.165) is 19.3 Å². The number of carboxylic acid groups (broad SMARTS) is 1. The number of aliphatic hydroxyl groups is 1. The molecule has 20 heavy (non-hydrogen) atoms. The maximum Gasteiger partial charge on any atom is 0.326 e. The number of likely N-dealkylation sites (tertiary alicyclic amines) is 1. The third-order valence-electron chi connectivity index (χ3n) is 3.90. The van der Waals surface area contributed by atoms with Crippen LogP contribution in [0.5, 0.6) is 0 Å². The van der Waals surface area contributed by atoms with E-state index in [1.807, 2.05) is 0 Å². The molecule has 2 atom stereocenters. The third kappa shape index (κ3) is 3.40. The summed E-state index contributed by atoms with van der Waals surface area (Å²) in [5.74, 6) is -0.938. The Hall–Kier alpha value is -1.34. The van der Waals surface area contributed by atoms with E-state index in [4.69, 9.17) is 9.84 Å². The Bertz CT molecular complexity index is 363. The van der Waals surface area contributed by atoms with E-state index >= 15 is 0 Å². The minimum Gasteiger partial charge on any atom is -0.480 e. The summed E-state index contributed by atoms with van der Waals surface area (Å²) in [5.41, 5.74) is 0. The standard InChI is InChI=1S/C13H22N2O5/c16-9-10-8-14(6-7-20-10)13(19)15-5-3-1-2-4-11(15)12(17)18/h10-11,16H,1-9H2,(H,17,18). The Balaban J connectivity index is 2.06. The van der Waals surface area contributed by atoms with Gasteiger partial charge in [-0.2, -0.15) is 0 Å². The van der Waals surface area contributed by atoms with Gasteiger partial charge in [0, 0.05) is 13.1 Å². The Morgan fingerprint density at radius 1 is 1.20 bits per heavy atom. The Morgan fingerprint density at radius 2 is 2.00 bits per heavy atom. The second kappa shape index (κ2) is 6.90. The maximum absolute atomic E-state index is 12.5. The highest BCUT2D eigenvalue weighted by atomic mass is 16.5. The average molecular weight is 286 g/mol. The third-order valence-corrected chi connectivity index (χ3v) is 3.90. The van der Waals surface area contributed by atoms with Crippen molar-refractivity contribution in [3.63, 3.8) is 0 Å². The molecule has 2 rings (SSSR count). The van der Waals surface area contributed by atoms with Crippen LogP contribution >= 0.6 is 0 Å². The van der Waals surface area contributed by atoms with Crippen LogP contribution in [0.15, 0.2) is 0 Å². The Labute approximate surface area is 118 Å². The number of amides is 2. The predicted molar refractivity (Wildman–Crippen MR) is 70.4 cm³/mol. The second-order valence-electron chi connectivity index (χ2n) is 5.30. The van der Waals surface area contributed by atoms with Gasteiger partial charge in [-0.15, -0.1) is 0 Å². The topological polar surface area (TPSA) is 90.3 Å². The van der Waals surface area contributed by atoms with E-state index < -0.39 is 12.0 Å². The normalized spacial score (nSPS) is 28.1. The van der Waals surface area contributed by atoms with E-state index in [1.54, 1.807) is 4.90 Å². The number of urea groups is 1. The fourth-order valence-corrected chi connectivity index (χ4v) is 2.78.